The Balaban J connectivity index is 1.72. The molecule has 1 aliphatic rings. The predicted octanol–water partition coefficient (Wildman–Crippen LogP) is 3.37. The fourth-order valence-electron chi connectivity index (χ4n) is 3.69. The first-order valence-electron chi connectivity index (χ1n) is 10.8. The Hall–Kier alpha value is -4.53. The summed E-state index contributed by atoms with van der Waals surface area (Å²) in [6, 6.07) is 4.94. The van der Waals surface area contributed by atoms with Gasteiger partial charge in [0.05, 0.1) is 11.7 Å². The van der Waals surface area contributed by atoms with Gasteiger partial charge in [-0.2, -0.15) is 0 Å². The van der Waals surface area contributed by atoms with Crippen LogP contribution in [0.25, 0.3) is 11.1 Å². The number of anilines is 2. The van der Waals surface area contributed by atoms with Gasteiger partial charge in [0.1, 0.15) is 23.0 Å². The molecule has 0 aromatic carbocycles. The van der Waals surface area contributed by atoms with E-state index in [1.165, 1.54) is 6.08 Å². The van der Waals surface area contributed by atoms with E-state index in [4.69, 9.17) is 10.7 Å². The van der Waals surface area contributed by atoms with Crippen molar-refractivity contribution in [1.29, 1.82) is 0 Å². The van der Waals surface area contributed by atoms with Crippen LogP contribution in [0.15, 0.2) is 79.3 Å². The minimum atomic E-state index is -0.395. The van der Waals surface area contributed by atoms with Gasteiger partial charge < -0.3 is 16.4 Å². The molecule has 0 fully saturated rings. The third-order valence-electron chi connectivity index (χ3n) is 5.37. The van der Waals surface area contributed by atoms with Crippen LogP contribution in [-0.4, -0.2) is 31.2 Å². The number of carbonyl (C=O) groups excluding carboxylic acids is 2. The monoisotopic (exact) mass is 455 g/mol. The molecule has 0 saturated heterocycles. The molecule has 34 heavy (non-hydrogen) atoms. The van der Waals surface area contributed by atoms with Gasteiger partial charge in [-0.05, 0) is 43.5 Å². The molecular weight excluding hydrogens is 430 g/mol. The number of aromatic nitrogens is 4. The highest BCUT2D eigenvalue weighted by Gasteiger charge is 2.21. The van der Waals surface area contributed by atoms with Gasteiger partial charge in [-0.15, -0.1) is 0 Å². The van der Waals surface area contributed by atoms with Gasteiger partial charge in [-0.3, -0.25) is 14.0 Å². The number of hydrogen-bond acceptors (Lipinski definition) is 6. The summed E-state index contributed by atoms with van der Waals surface area (Å²) in [5.41, 5.74) is 8.97. The molecule has 0 aliphatic heterocycles. The number of nitrogens with zero attached hydrogens (tertiary/aromatic N) is 4. The first-order chi connectivity index (χ1) is 16.5. The van der Waals surface area contributed by atoms with Crippen molar-refractivity contribution in [3.63, 3.8) is 0 Å². The average Bonchev–Trinajstić information content (AvgIpc) is 3.20. The Morgan fingerprint density at radius 3 is 2.76 bits per heavy atom. The molecule has 4 N–H and O–H groups in total. The summed E-state index contributed by atoms with van der Waals surface area (Å²) in [4.78, 5) is 37.8. The van der Waals surface area contributed by atoms with E-state index in [9.17, 15) is 9.59 Å². The molecule has 3 aromatic heterocycles. The van der Waals surface area contributed by atoms with Crippen molar-refractivity contribution in [3.8, 4) is 0 Å². The number of rotatable bonds is 6. The van der Waals surface area contributed by atoms with Crippen LogP contribution in [0.1, 0.15) is 37.3 Å². The van der Waals surface area contributed by atoms with Crippen molar-refractivity contribution in [2.24, 2.45) is 0 Å². The van der Waals surface area contributed by atoms with Gasteiger partial charge in [-0.1, -0.05) is 36.9 Å². The molecular formula is C25H25N7O2. The molecule has 0 radical (unpaired) electrons. The van der Waals surface area contributed by atoms with E-state index in [1.807, 2.05) is 35.6 Å². The lowest BCUT2D eigenvalue weighted by Gasteiger charge is -2.11. The van der Waals surface area contributed by atoms with Crippen LogP contribution in [-0.2, 0) is 9.59 Å². The van der Waals surface area contributed by atoms with Crippen LogP contribution in [0.3, 0.4) is 0 Å². The highest BCUT2D eigenvalue weighted by atomic mass is 16.2. The number of nitrogen functional groups attached to an aromatic ring is 1. The zero-order chi connectivity index (χ0) is 24.1. The van der Waals surface area contributed by atoms with Gasteiger partial charge in [0.25, 0.3) is 5.91 Å². The highest BCUT2D eigenvalue weighted by Crippen LogP contribution is 2.30. The maximum absolute atomic E-state index is 12.8. The summed E-state index contributed by atoms with van der Waals surface area (Å²) in [6.07, 6.45) is 14.9. The summed E-state index contributed by atoms with van der Waals surface area (Å²) in [7, 11) is 0. The Bertz CT molecular complexity index is 1340. The van der Waals surface area contributed by atoms with E-state index in [1.54, 1.807) is 36.8 Å². The van der Waals surface area contributed by atoms with Gasteiger partial charge in [0.15, 0.2) is 0 Å². The number of imidazole rings is 1. The number of nitrogens with two attached hydrogens (primary N) is 1. The minimum Gasteiger partial charge on any atom is -0.382 e. The standard InChI is InChI=1S/C25H25N7O2/c1-3-20(33)29-16(2)24-31-21(22-23(26)28-14-15-32(22)24)17-8-4-5-9-18(12-11-17)25(34)30-19-10-6-7-13-27-19/h3-7,10-16H,1,8-9H2,2H3,(H2,26,28)(H,29,33)(H,27,30,34)/b5-4-,17-11+,18-12+. The first kappa shape index (κ1) is 22.7. The van der Waals surface area contributed by atoms with E-state index in [0.717, 1.165) is 5.57 Å². The number of pyridine rings is 1. The second kappa shape index (κ2) is 9.95. The van der Waals surface area contributed by atoms with E-state index in [2.05, 4.69) is 27.2 Å². The van der Waals surface area contributed by atoms with Gasteiger partial charge >= 0.3 is 0 Å². The van der Waals surface area contributed by atoms with Gasteiger partial charge in [0, 0.05) is 24.2 Å². The number of carbonyl (C=O) groups is 2. The molecule has 1 aliphatic carbocycles. The van der Waals surface area contributed by atoms with Crippen LogP contribution < -0.4 is 16.4 Å². The van der Waals surface area contributed by atoms with Crippen molar-refractivity contribution >= 4 is 34.5 Å². The molecule has 4 rings (SSSR count). The normalized spacial score (nSPS) is 18.4. The summed E-state index contributed by atoms with van der Waals surface area (Å²) in [5, 5.41) is 5.65. The molecule has 3 heterocycles. The summed E-state index contributed by atoms with van der Waals surface area (Å²) in [5.74, 6) is 0.897. The third-order valence-corrected chi connectivity index (χ3v) is 5.37. The number of amides is 2. The maximum Gasteiger partial charge on any atom is 0.253 e. The number of fused-ring (bicyclic) bond motifs is 1. The van der Waals surface area contributed by atoms with Crippen molar-refractivity contribution in [3.05, 3.63) is 90.8 Å². The van der Waals surface area contributed by atoms with Crippen LogP contribution in [0.4, 0.5) is 11.6 Å². The second-order valence-electron chi connectivity index (χ2n) is 7.72. The SMILES string of the molecule is C=CC(=O)NC(C)c1nc(/C2=C/C=C(/C(=O)Nc3ccccn3)C/C=C\C2)c2c(N)nccn12. The quantitative estimate of drug-likeness (QED) is 0.386. The van der Waals surface area contributed by atoms with Crippen LogP contribution >= 0.6 is 0 Å². The highest BCUT2D eigenvalue weighted by molar-refractivity contribution is 6.04. The van der Waals surface area contributed by atoms with Crippen LogP contribution in [0.2, 0.25) is 0 Å². The lowest BCUT2D eigenvalue weighted by Crippen LogP contribution is -2.26. The summed E-state index contributed by atoms with van der Waals surface area (Å²) >= 11 is 0. The fraction of sp³-hybridized carbons (Fsp3) is 0.160. The fourth-order valence-corrected chi connectivity index (χ4v) is 3.69. The maximum atomic E-state index is 12.8. The first-order valence-corrected chi connectivity index (χ1v) is 10.8. The Labute approximate surface area is 196 Å². The summed E-state index contributed by atoms with van der Waals surface area (Å²) < 4.78 is 1.83. The minimum absolute atomic E-state index is 0.224. The molecule has 2 amide bonds. The molecule has 172 valence electrons. The zero-order valence-corrected chi connectivity index (χ0v) is 18.7. The van der Waals surface area contributed by atoms with Gasteiger partial charge in [-0.25, -0.2) is 15.0 Å². The molecule has 1 unspecified atom stereocenters. The van der Waals surface area contributed by atoms with E-state index in [-0.39, 0.29) is 11.8 Å². The number of hydrogen-bond donors (Lipinski definition) is 3. The van der Waals surface area contributed by atoms with E-state index in [0.29, 0.717) is 47.1 Å². The smallest absolute Gasteiger partial charge is 0.253 e. The number of nitrogens with one attached hydrogen (secondary N) is 2. The topological polar surface area (TPSA) is 127 Å². The van der Waals surface area contributed by atoms with Crippen LogP contribution in [0.5, 0.6) is 0 Å². The third kappa shape index (κ3) is 4.78. The summed E-state index contributed by atoms with van der Waals surface area (Å²) in [6.45, 7) is 5.34. The molecule has 1 atom stereocenters. The van der Waals surface area contributed by atoms with Gasteiger partial charge in [0.2, 0.25) is 5.91 Å². The Kier molecular flexibility index (Phi) is 6.63. The van der Waals surface area contributed by atoms with Crippen molar-refractivity contribution in [2.75, 3.05) is 11.1 Å². The van der Waals surface area contributed by atoms with E-state index >= 15 is 0 Å². The molecule has 9 heteroatoms. The average molecular weight is 456 g/mol. The molecule has 3 aromatic rings. The predicted molar refractivity (Wildman–Crippen MR) is 131 cm³/mol. The van der Waals surface area contributed by atoms with Crippen molar-refractivity contribution in [1.82, 2.24) is 24.7 Å². The van der Waals surface area contributed by atoms with Crippen LogP contribution in [0, 0.1) is 0 Å². The largest absolute Gasteiger partial charge is 0.382 e. The number of allylic oxidation sites excluding steroid dienone is 5. The molecule has 0 bridgehead atoms. The van der Waals surface area contributed by atoms with Crippen molar-refractivity contribution < 1.29 is 9.59 Å². The Morgan fingerprint density at radius 2 is 2.00 bits per heavy atom. The lowest BCUT2D eigenvalue weighted by atomic mass is 10.0. The molecule has 9 nitrogen and oxygen atoms in total. The van der Waals surface area contributed by atoms with E-state index < -0.39 is 6.04 Å². The molecule has 0 saturated carbocycles. The Morgan fingerprint density at radius 1 is 1.18 bits per heavy atom. The lowest BCUT2D eigenvalue weighted by molar-refractivity contribution is -0.117. The second-order valence-corrected chi connectivity index (χ2v) is 7.72. The zero-order valence-electron chi connectivity index (χ0n) is 18.7. The van der Waals surface area contributed by atoms with Crippen molar-refractivity contribution in [2.45, 2.75) is 25.8 Å². The molecule has 0 spiro atoms.